The number of carbonyl (C=O) groups is 2. The van der Waals surface area contributed by atoms with E-state index in [-0.39, 0.29) is 81.2 Å². The molecule has 2 aliphatic rings. The molecule has 4 heterocycles. The third-order valence-electron chi connectivity index (χ3n) is 11.3. The highest BCUT2D eigenvalue weighted by molar-refractivity contribution is 7.92. The Bertz CT molecular complexity index is 2970. The number of amides is 2. The van der Waals surface area contributed by atoms with Crippen LogP contribution in [0.1, 0.15) is 48.2 Å². The molecule has 6 aromatic rings. The quantitative estimate of drug-likeness (QED) is 0.103. The van der Waals surface area contributed by atoms with Crippen molar-refractivity contribution >= 4 is 56.4 Å². The Labute approximate surface area is 367 Å². The van der Waals surface area contributed by atoms with E-state index in [9.17, 15) is 33.0 Å². The minimum atomic E-state index is -3.95. The molecular formula is C44H45FN10O8S. The maximum absolute atomic E-state index is 15.5. The van der Waals surface area contributed by atoms with Gasteiger partial charge in [0.1, 0.15) is 28.8 Å². The van der Waals surface area contributed by atoms with E-state index in [1.165, 1.54) is 42.4 Å². The number of aromatic nitrogens is 5. The van der Waals surface area contributed by atoms with Crippen LogP contribution in [0.4, 0.5) is 38.9 Å². The lowest BCUT2D eigenvalue weighted by Crippen LogP contribution is -2.40. The molecule has 0 bridgehead atoms. The largest absolute Gasteiger partial charge is 0.508 e. The second-order valence-electron chi connectivity index (χ2n) is 15.3. The number of aryl methyl sites for hydroxylation is 1. The number of H-pyrrole nitrogens is 1. The lowest BCUT2D eigenvalue weighted by molar-refractivity contribution is -0.125. The first kappa shape index (κ1) is 43.2. The summed E-state index contributed by atoms with van der Waals surface area (Å²) in [6.45, 7) is 5.04. The van der Waals surface area contributed by atoms with E-state index in [0.717, 1.165) is 26.9 Å². The number of rotatable bonds is 12. The average molecular weight is 893 g/mol. The number of nitrogens with zero attached hydrogens (tertiary/aromatic N) is 7. The van der Waals surface area contributed by atoms with Crippen molar-refractivity contribution in [2.75, 3.05) is 52.4 Å². The van der Waals surface area contributed by atoms with Crippen molar-refractivity contribution in [3.63, 3.8) is 0 Å². The number of piperidine rings is 1. The number of carbonyl (C=O) groups excluding carboxylic acids is 2. The summed E-state index contributed by atoms with van der Waals surface area (Å²) in [4.78, 5) is 51.9. The van der Waals surface area contributed by atoms with Crippen LogP contribution in [0.2, 0.25) is 0 Å². The van der Waals surface area contributed by atoms with Gasteiger partial charge in [-0.1, -0.05) is 25.1 Å². The molecule has 2 aromatic heterocycles. The molecular weight excluding hydrogens is 848 g/mol. The fourth-order valence-corrected chi connectivity index (χ4v) is 8.90. The number of phenols is 2. The number of ether oxygens (including phenoxy) is 1. The Morgan fingerprint density at radius 3 is 2.41 bits per heavy atom. The summed E-state index contributed by atoms with van der Waals surface area (Å²) >= 11 is 0. The van der Waals surface area contributed by atoms with Gasteiger partial charge in [0.05, 0.1) is 47.2 Å². The Balaban J connectivity index is 0.922. The van der Waals surface area contributed by atoms with Gasteiger partial charge in [-0.25, -0.2) is 36.6 Å². The highest BCUT2D eigenvalue weighted by atomic mass is 32.2. The molecule has 2 aliphatic heterocycles. The second kappa shape index (κ2) is 17.4. The summed E-state index contributed by atoms with van der Waals surface area (Å²) in [6, 6.07) is 18.8. The van der Waals surface area contributed by atoms with Gasteiger partial charge in [-0.3, -0.25) is 9.59 Å². The first-order chi connectivity index (χ1) is 30.7. The standard InChI is InChI=1S/C44H45FN10O8S/c1-5-25-19-31(37(57)22-36(25)56)39-50-51-44(60)54(39)29-12-11-27(32(45)20-29)23-46-41(58)26-15-17-53(18-16-26)28-13-14-33(38(21-28)63-6-2)48-43-47-24-35-40(49-43)55(64(4,61)62)34-10-8-7-9-30(34)42(59)52(35)3/h7-14,19-22,24,26,56-57H,5-6,15-18,23H2,1-4H3,(H,46,58)(H,51,60)(H,47,48,49). The van der Waals surface area contributed by atoms with Gasteiger partial charge in [0.25, 0.3) is 5.91 Å². The second-order valence-corrected chi connectivity index (χ2v) is 17.2. The first-order valence-electron chi connectivity index (χ1n) is 20.5. The smallest absolute Gasteiger partial charge is 0.348 e. The number of benzene rings is 4. The van der Waals surface area contributed by atoms with Crippen molar-refractivity contribution in [1.29, 1.82) is 0 Å². The molecule has 2 amide bonds. The number of sulfonamides is 1. The first-order valence-corrected chi connectivity index (χ1v) is 22.3. The number of anilines is 6. The number of halogens is 1. The Morgan fingerprint density at radius 2 is 1.69 bits per heavy atom. The minimum Gasteiger partial charge on any atom is -0.508 e. The molecule has 20 heteroatoms. The van der Waals surface area contributed by atoms with E-state index in [2.05, 4.69) is 35.7 Å². The molecule has 4 aromatic carbocycles. The topological polar surface area (TPSA) is 228 Å². The SMILES string of the molecule is CCOc1cc(N2CCC(C(=O)NCc3ccc(-n4c(-c5cc(CC)c(O)cc5O)n[nH]c4=O)cc3F)CC2)ccc1Nc1ncc2c(n1)N(S(C)(=O)=O)c1ccccc1C(=O)N2C. The Hall–Kier alpha value is -7.48. The molecule has 8 rings (SSSR count). The lowest BCUT2D eigenvalue weighted by Gasteiger charge is -2.33. The van der Waals surface area contributed by atoms with Gasteiger partial charge in [0.2, 0.25) is 21.9 Å². The number of phenolic OH excluding ortho intramolecular Hbond substituents is 2. The van der Waals surface area contributed by atoms with E-state index in [1.807, 2.05) is 26.0 Å². The summed E-state index contributed by atoms with van der Waals surface area (Å²) in [6.07, 6.45) is 3.97. The van der Waals surface area contributed by atoms with Gasteiger partial charge in [-0.05, 0) is 74.2 Å². The van der Waals surface area contributed by atoms with E-state index >= 15 is 4.39 Å². The molecule has 18 nitrogen and oxygen atoms in total. The van der Waals surface area contributed by atoms with Crippen molar-refractivity contribution in [3.05, 3.63) is 112 Å². The molecule has 0 saturated carbocycles. The molecule has 0 unspecified atom stereocenters. The number of fused-ring (bicyclic) bond motifs is 2. The van der Waals surface area contributed by atoms with Gasteiger partial charge in [-0.15, -0.1) is 0 Å². The van der Waals surface area contributed by atoms with Gasteiger partial charge in [0.15, 0.2) is 11.6 Å². The van der Waals surface area contributed by atoms with Crippen molar-refractivity contribution in [2.24, 2.45) is 5.92 Å². The number of para-hydroxylation sites is 1. The number of hydrogen-bond acceptors (Lipinski definition) is 13. The maximum atomic E-state index is 15.5. The molecule has 0 spiro atoms. The van der Waals surface area contributed by atoms with Crippen LogP contribution in [0.5, 0.6) is 17.2 Å². The van der Waals surface area contributed by atoms with E-state index < -0.39 is 27.4 Å². The van der Waals surface area contributed by atoms with Crippen LogP contribution in [0.15, 0.2) is 83.8 Å². The lowest BCUT2D eigenvalue weighted by atomic mass is 9.95. The summed E-state index contributed by atoms with van der Waals surface area (Å²) < 4.78 is 50.1. The molecule has 0 aliphatic carbocycles. The summed E-state index contributed by atoms with van der Waals surface area (Å²) in [5, 5.41) is 33.1. The molecule has 0 radical (unpaired) electrons. The van der Waals surface area contributed by atoms with E-state index in [1.54, 1.807) is 30.3 Å². The fourth-order valence-electron chi connectivity index (χ4n) is 7.94. The van der Waals surface area contributed by atoms with Crippen LogP contribution >= 0.6 is 0 Å². The normalized spacial score (nSPS) is 14.2. The van der Waals surface area contributed by atoms with Crippen LogP contribution in [-0.2, 0) is 27.8 Å². The third-order valence-corrected chi connectivity index (χ3v) is 12.3. The Kier molecular flexibility index (Phi) is 11.7. The number of aromatic amines is 1. The van der Waals surface area contributed by atoms with Crippen LogP contribution in [0.3, 0.4) is 0 Å². The van der Waals surface area contributed by atoms with Crippen LogP contribution in [0, 0.1) is 11.7 Å². The predicted octanol–water partition coefficient (Wildman–Crippen LogP) is 5.49. The van der Waals surface area contributed by atoms with Crippen molar-refractivity contribution in [1.82, 2.24) is 30.0 Å². The predicted molar refractivity (Wildman–Crippen MR) is 238 cm³/mol. The minimum absolute atomic E-state index is 0.00274. The van der Waals surface area contributed by atoms with Crippen molar-refractivity contribution < 1.29 is 37.3 Å². The maximum Gasteiger partial charge on any atom is 0.348 e. The molecule has 0 atom stereocenters. The molecule has 64 heavy (non-hydrogen) atoms. The van der Waals surface area contributed by atoms with Gasteiger partial charge in [-0.2, -0.15) is 10.1 Å². The van der Waals surface area contributed by atoms with E-state index in [4.69, 9.17) is 4.74 Å². The Morgan fingerprint density at radius 1 is 0.938 bits per heavy atom. The zero-order valence-corrected chi connectivity index (χ0v) is 36.1. The van der Waals surface area contributed by atoms with E-state index in [0.29, 0.717) is 56.0 Å². The van der Waals surface area contributed by atoms with Gasteiger partial charge < -0.3 is 35.4 Å². The highest BCUT2D eigenvalue weighted by Gasteiger charge is 2.35. The van der Waals surface area contributed by atoms with Gasteiger partial charge in [0, 0.05) is 56.0 Å². The molecule has 332 valence electrons. The number of nitrogens with one attached hydrogen (secondary N) is 3. The zero-order chi connectivity index (χ0) is 45.4. The summed E-state index contributed by atoms with van der Waals surface area (Å²) in [5.74, 6) is -1.40. The zero-order valence-electron chi connectivity index (χ0n) is 35.3. The van der Waals surface area contributed by atoms with Crippen LogP contribution in [0.25, 0.3) is 17.1 Å². The monoisotopic (exact) mass is 892 g/mol. The number of aromatic hydroxyl groups is 2. The van der Waals surface area contributed by atoms with Crippen LogP contribution in [-0.4, -0.2) is 88.2 Å². The van der Waals surface area contributed by atoms with Crippen molar-refractivity contribution in [2.45, 2.75) is 39.7 Å². The van der Waals surface area contributed by atoms with Crippen LogP contribution < -0.4 is 35.2 Å². The van der Waals surface area contributed by atoms with Crippen molar-refractivity contribution in [3.8, 4) is 34.3 Å². The molecule has 1 fully saturated rings. The molecule has 5 N–H and O–H groups in total. The fraction of sp³-hybridized carbons (Fsp3) is 0.273. The average Bonchev–Trinajstić information content (AvgIpc) is 3.62. The summed E-state index contributed by atoms with van der Waals surface area (Å²) in [7, 11) is -2.42. The van der Waals surface area contributed by atoms with Gasteiger partial charge >= 0.3 is 5.69 Å². The highest BCUT2D eigenvalue weighted by Crippen LogP contribution is 2.42. The summed E-state index contributed by atoms with van der Waals surface area (Å²) in [5.41, 5.74) is 2.36. The third kappa shape index (κ3) is 8.26. The molecule has 1 saturated heterocycles. The number of hydrogen-bond donors (Lipinski definition) is 5.